The molecule has 0 aliphatic carbocycles. The second-order valence-corrected chi connectivity index (χ2v) is 4.81. The van der Waals surface area contributed by atoms with Crippen molar-refractivity contribution in [1.82, 2.24) is 4.90 Å². The maximum Gasteiger partial charge on any atom is 0.0584 e. The average Bonchev–Trinajstić information content (AvgIpc) is 2.01. The predicted octanol–water partition coefficient (Wildman–Crippen LogP) is 0.672. The zero-order valence-electron chi connectivity index (χ0n) is 9.54. The average molecular weight is 188 g/mol. The topological polar surface area (TPSA) is 49.5 Å². The molecule has 0 amide bonds. The Balaban J connectivity index is 4.40. The normalized spacial score (nSPS) is 17.5. The summed E-state index contributed by atoms with van der Waals surface area (Å²) in [7, 11) is 2.02. The number of hydrogen-bond donors (Lipinski definition) is 2. The summed E-state index contributed by atoms with van der Waals surface area (Å²) in [5.74, 6) is 0. The van der Waals surface area contributed by atoms with Crippen LogP contribution < -0.4 is 5.73 Å². The van der Waals surface area contributed by atoms with E-state index in [9.17, 15) is 0 Å². The molecule has 0 aromatic rings. The molecule has 0 radical (unpaired) electrons. The molecule has 0 rings (SSSR count). The van der Waals surface area contributed by atoms with E-state index in [1.54, 1.807) is 0 Å². The van der Waals surface area contributed by atoms with E-state index in [2.05, 4.69) is 25.7 Å². The molecule has 0 heterocycles. The molecule has 0 saturated carbocycles. The number of hydrogen-bond acceptors (Lipinski definition) is 3. The van der Waals surface area contributed by atoms with Crippen molar-refractivity contribution in [2.45, 2.75) is 39.8 Å². The molecule has 80 valence electrons. The van der Waals surface area contributed by atoms with Gasteiger partial charge < -0.3 is 10.8 Å². The Morgan fingerprint density at radius 1 is 1.38 bits per heavy atom. The summed E-state index contributed by atoms with van der Waals surface area (Å²) < 4.78 is 0. The first kappa shape index (κ1) is 12.9. The van der Waals surface area contributed by atoms with Gasteiger partial charge in [0.25, 0.3) is 0 Å². The van der Waals surface area contributed by atoms with Gasteiger partial charge in [-0.25, -0.2) is 0 Å². The van der Waals surface area contributed by atoms with E-state index in [0.717, 1.165) is 0 Å². The highest BCUT2D eigenvalue weighted by atomic mass is 16.3. The molecule has 0 aromatic heterocycles. The number of nitrogens with two attached hydrogens (primary N) is 1. The first-order valence-corrected chi connectivity index (χ1v) is 4.87. The van der Waals surface area contributed by atoms with Crippen LogP contribution in [-0.2, 0) is 0 Å². The highest BCUT2D eigenvalue weighted by Crippen LogP contribution is 2.23. The van der Waals surface area contributed by atoms with Gasteiger partial charge in [0.2, 0.25) is 0 Å². The fourth-order valence-corrected chi connectivity index (χ4v) is 1.57. The lowest BCUT2D eigenvalue weighted by Crippen LogP contribution is -2.51. The first-order chi connectivity index (χ1) is 5.84. The lowest BCUT2D eigenvalue weighted by Gasteiger charge is -2.40. The van der Waals surface area contributed by atoms with Gasteiger partial charge in [0.1, 0.15) is 0 Å². The molecule has 3 nitrogen and oxygen atoms in total. The zero-order chi connectivity index (χ0) is 10.6. The van der Waals surface area contributed by atoms with Crippen LogP contribution in [-0.4, -0.2) is 42.3 Å². The van der Waals surface area contributed by atoms with E-state index in [1.165, 1.54) is 0 Å². The molecule has 0 fully saturated rings. The molecule has 13 heavy (non-hydrogen) atoms. The highest BCUT2D eigenvalue weighted by Gasteiger charge is 2.29. The van der Waals surface area contributed by atoms with Gasteiger partial charge in [-0.15, -0.1) is 0 Å². The molecular formula is C10H24N2O. The standard InChI is InChI=1S/C10H24N2O/c1-8(7-13)12(5)9(6-11)10(2,3)4/h8-9,13H,6-7,11H2,1-5H3. The summed E-state index contributed by atoms with van der Waals surface area (Å²) >= 11 is 0. The van der Waals surface area contributed by atoms with Crippen LogP contribution >= 0.6 is 0 Å². The fraction of sp³-hybridized carbons (Fsp3) is 1.00. The third-order valence-corrected chi connectivity index (χ3v) is 2.67. The van der Waals surface area contributed by atoms with Crippen LogP contribution in [0.25, 0.3) is 0 Å². The molecule has 3 heteroatoms. The van der Waals surface area contributed by atoms with Gasteiger partial charge in [-0.2, -0.15) is 0 Å². The first-order valence-electron chi connectivity index (χ1n) is 4.87. The quantitative estimate of drug-likeness (QED) is 0.682. The molecule has 0 spiro atoms. The van der Waals surface area contributed by atoms with Crippen molar-refractivity contribution < 1.29 is 5.11 Å². The Labute approximate surface area is 81.9 Å². The fourth-order valence-electron chi connectivity index (χ4n) is 1.57. The molecule has 0 aliphatic heterocycles. The summed E-state index contributed by atoms with van der Waals surface area (Å²) in [6, 6.07) is 0.488. The van der Waals surface area contributed by atoms with Crippen molar-refractivity contribution >= 4 is 0 Å². The van der Waals surface area contributed by atoms with Crippen LogP contribution in [0, 0.1) is 5.41 Å². The van der Waals surface area contributed by atoms with Crippen LogP contribution in [0.3, 0.4) is 0 Å². The van der Waals surface area contributed by atoms with E-state index >= 15 is 0 Å². The van der Waals surface area contributed by atoms with Crippen molar-refractivity contribution in [2.75, 3.05) is 20.2 Å². The highest BCUT2D eigenvalue weighted by molar-refractivity contribution is 4.84. The third-order valence-electron chi connectivity index (χ3n) is 2.67. The molecule has 0 aromatic carbocycles. The smallest absolute Gasteiger partial charge is 0.0584 e. The van der Waals surface area contributed by atoms with E-state index in [-0.39, 0.29) is 18.1 Å². The SMILES string of the molecule is CC(CO)N(C)C(CN)C(C)(C)C. The van der Waals surface area contributed by atoms with Crippen molar-refractivity contribution in [3.63, 3.8) is 0 Å². The second kappa shape index (κ2) is 4.94. The third kappa shape index (κ3) is 3.63. The molecule has 3 N–H and O–H groups in total. The number of aliphatic hydroxyl groups is 1. The van der Waals surface area contributed by atoms with Crippen molar-refractivity contribution in [2.24, 2.45) is 11.1 Å². The number of likely N-dealkylation sites (N-methyl/N-ethyl adjacent to an activating group) is 1. The van der Waals surface area contributed by atoms with Crippen LogP contribution in [0.15, 0.2) is 0 Å². The Kier molecular flexibility index (Phi) is 4.89. The van der Waals surface area contributed by atoms with Gasteiger partial charge in [-0.1, -0.05) is 20.8 Å². The van der Waals surface area contributed by atoms with Crippen LogP contribution in [0.5, 0.6) is 0 Å². The van der Waals surface area contributed by atoms with Crippen LogP contribution in [0.4, 0.5) is 0 Å². The molecular weight excluding hydrogens is 164 g/mol. The van der Waals surface area contributed by atoms with Crippen molar-refractivity contribution in [3.05, 3.63) is 0 Å². The Morgan fingerprint density at radius 2 is 1.85 bits per heavy atom. The van der Waals surface area contributed by atoms with Crippen LogP contribution in [0.1, 0.15) is 27.7 Å². The number of rotatable bonds is 4. The van der Waals surface area contributed by atoms with E-state index in [0.29, 0.717) is 12.6 Å². The summed E-state index contributed by atoms with van der Waals surface area (Å²) in [6.45, 7) is 9.34. The number of nitrogens with zero attached hydrogens (tertiary/aromatic N) is 1. The molecule has 2 atom stereocenters. The van der Waals surface area contributed by atoms with Gasteiger partial charge >= 0.3 is 0 Å². The zero-order valence-corrected chi connectivity index (χ0v) is 9.54. The van der Waals surface area contributed by atoms with Crippen molar-refractivity contribution in [3.8, 4) is 0 Å². The lowest BCUT2D eigenvalue weighted by atomic mass is 9.85. The van der Waals surface area contributed by atoms with Gasteiger partial charge in [0, 0.05) is 18.6 Å². The molecule has 0 saturated heterocycles. The van der Waals surface area contributed by atoms with E-state index in [4.69, 9.17) is 10.8 Å². The number of aliphatic hydroxyl groups excluding tert-OH is 1. The van der Waals surface area contributed by atoms with Crippen LogP contribution in [0.2, 0.25) is 0 Å². The van der Waals surface area contributed by atoms with E-state index < -0.39 is 0 Å². The van der Waals surface area contributed by atoms with Gasteiger partial charge in [-0.3, -0.25) is 4.90 Å². The van der Waals surface area contributed by atoms with Gasteiger partial charge in [-0.05, 0) is 19.4 Å². The minimum absolute atomic E-state index is 0.160. The Bertz CT molecular complexity index is 142. The summed E-state index contributed by atoms with van der Waals surface area (Å²) in [5, 5.41) is 9.03. The summed E-state index contributed by atoms with van der Waals surface area (Å²) in [4.78, 5) is 2.15. The monoisotopic (exact) mass is 188 g/mol. The minimum atomic E-state index is 0.160. The van der Waals surface area contributed by atoms with E-state index in [1.807, 2.05) is 14.0 Å². The maximum absolute atomic E-state index is 9.03. The predicted molar refractivity (Wildman–Crippen MR) is 56.6 cm³/mol. The minimum Gasteiger partial charge on any atom is -0.395 e. The van der Waals surface area contributed by atoms with Gasteiger partial charge in [0.15, 0.2) is 0 Å². The molecule has 2 unspecified atom stereocenters. The second-order valence-electron chi connectivity index (χ2n) is 4.81. The molecule has 0 bridgehead atoms. The van der Waals surface area contributed by atoms with Crippen molar-refractivity contribution in [1.29, 1.82) is 0 Å². The Morgan fingerprint density at radius 3 is 2.08 bits per heavy atom. The lowest BCUT2D eigenvalue weighted by molar-refractivity contribution is 0.0662. The summed E-state index contributed by atoms with van der Waals surface area (Å²) in [6.07, 6.45) is 0. The largest absolute Gasteiger partial charge is 0.395 e. The van der Waals surface area contributed by atoms with Gasteiger partial charge in [0.05, 0.1) is 6.61 Å². The summed E-state index contributed by atoms with van der Waals surface area (Å²) in [5.41, 5.74) is 5.89. The molecule has 0 aliphatic rings. The maximum atomic E-state index is 9.03. The Hall–Kier alpha value is -0.120.